The molecule has 3 amide bonds. The molecule has 0 aromatic carbocycles. The van der Waals surface area contributed by atoms with E-state index in [0.717, 1.165) is 0 Å². The van der Waals surface area contributed by atoms with Crippen LogP contribution in [0.4, 0.5) is 4.79 Å². The van der Waals surface area contributed by atoms with Crippen LogP contribution in [0.25, 0.3) is 0 Å². The first-order valence-electron chi connectivity index (χ1n) is 14.9. The maximum atomic E-state index is 13.0. The molecule has 1 aromatic heterocycles. The summed E-state index contributed by atoms with van der Waals surface area (Å²) in [5.74, 6) is -2.19. The van der Waals surface area contributed by atoms with Crippen LogP contribution in [0.2, 0.25) is 0 Å². The van der Waals surface area contributed by atoms with Gasteiger partial charge in [0.15, 0.2) is 0 Å². The van der Waals surface area contributed by atoms with Gasteiger partial charge in [0.05, 0.1) is 5.69 Å². The lowest BCUT2D eigenvalue weighted by Crippen LogP contribution is -2.53. The number of rotatable bonds is 15. The van der Waals surface area contributed by atoms with Crippen molar-refractivity contribution in [2.45, 2.75) is 136 Å². The summed E-state index contributed by atoms with van der Waals surface area (Å²) >= 11 is 2.00. The highest BCUT2D eigenvalue weighted by Gasteiger charge is 2.31. The second kappa shape index (κ2) is 17.6. The van der Waals surface area contributed by atoms with Crippen LogP contribution in [0.5, 0.6) is 0 Å². The second-order valence-electron chi connectivity index (χ2n) is 13.4. The molecule has 0 aliphatic rings. The van der Waals surface area contributed by atoms with Crippen molar-refractivity contribution in [2.75, 3.05) is 6.54 Å². The average Bonchev–Trinajstić information content (AvgIpc) is 3.20. The number of hydrogen-bond donors (Lipinski definition) is 4. The van der Waals surface area contributed by atoms with Crippen LogP contribution in [0.1, 0.15) is 100 Å². The van der Waals surface area contributed by atoms with Crippen LogP contribution < -0.4 is 21.7 Å². The number of nitrogens with zero attached hydrogens (tertiary/aromatic N) is 3. The van der Waals surface area contributed by atoms with Crippen molar-refractivity contribution in [1.82, 2.24) is 30.9 Å². The fourth-order valence-corrected chi connectivity index (χ4v) is 4.37. The van der Waals surface area contributed by atoms with Crippen LogP contribution in [-0.2, 0) is 46.5 Å². The fourth-order valence-electron chi connectivity index (χ4n) is 3.78. The van der Waals surface area contributed by atoms with Crippen molar-refractivity contribution < 1.29 is 38.2 Å². The molecule has 15 nitrogen and oxygen atoms in total. The molecule has 0 radical (unpaired) electrons. The summed E-state index contributed by atoms with van der Waals surface area (Å²) in [6.07, 6.45) is 0.935. The standard InChI is InChI=1S/C29H50IN7O8/c1-27(2,3)43-22(39)14-13-19(25(41)45-29(7,8)9)34-26(42)33-18(24(40)44-28(4,5)6)12-10-11-15-32-21(38)17-37-20(16-31)23(30)35-36-37/h18-19H,10-17,31H2,1-9H3,(H,32,38)(H2,33,34,42)/t18-,19-/m1/s1. The van der Waals surface area contributed by atoms with Crippen LogP contribution in [0, 0.1) is 3.70 Å². The van der Waals surface area contributed by atoms with Gasteiger partial charge in [-0.15, -0.1) is 5.10 Å². The first-order chi connectivity index (χ1) is 20.6. The Balaban J connectivity index is 2.83. The van der Waals surface area contributed by atoms with E-state index in [9.17, 15) is 24.0 Å². The Kier molecular flexibility index (Phi) is 15.7. The number of nitrogens with two attached hydrogens (primary N) is 1. The summed E-state index contributed by atoms with van der Waals surface area (Å²) in [4.78, 5) is 63.6. The minimum absolute atomic E-state index is 0.0302. The van der Waals surface area contributed by atoms with Gasteiger partial charge in [0.25, 0.3) is 0 Å². The molecule has 0 saturated carbocycles. The van der Waals surface area contributed by atoms with E-state index in [4.69, 9.17) is 19.9 Å². The van der Waals surface area contributed by atoms with Gasteiger partial charge in [0, 0.05) is 19.5 Å². The van der Waals surface area contributed by atoms with Gasteiger partial charge in [-0.2, -0.15) is 0 Å². The normalized spacial score (nSPS) is 13.3. The molecule has 1 heterocycles. The van der Waals surface area contributed by atoms with E-state index in [0.29, 0.717) is 28.8 Å². The van der Waals surface area contributed by atoms with Gasteiger partial charge in [0.2, 0.25) is 5.91 Å². The summed E-state index contributed by atoms with van der Waals surface area (Å²) in [6.45, 7) is 15.8. The van der Waals surface area contributed by atoms with Crippen molar-refractivity contribution in [2.24, 2.45) is 5.73 Å². The molecule has 1 rings (SSSR count). The summed E-state index contributed by atoms with van der Waals surface area (Å²) in [5.41, 5.74) is 4.00. The highest BCUT2D eigenvalue weighted by molar-refractivity contribution is 14.1. The molecule has 1 aromatic rings. The van der Waals surface area contributed by atoms with Gasteiger partial charge >= 0.3 is 23.9 Å². The van der Waals surface area contributed by atoms with E-state index in [-0.39, 0.29) is 38.3 Å². The zero-order valence-corrected chi connectivity index (χ0v) is 30.0. The number of unbranched alkanes of at least 4 members (excludes halogenated alkanes) is 1. The Morgan fingerprint density at radius 3 is 1.82 bits per heavy atom. The maximum absolute atomic E-state index is 13.0. The number of carbonyl (C=O) groups excluding carboxylic acids is 5. The molecule has 16 heteroatoms. The lowest BCUT2D eigenvalue weighted by Gasteiger charge is -2.27. The molecule has 0 aliphatic carbocycles. The SMILES string of the molecule is CC(C)(C)OC(=O)CC[C@@H](NC(=O)N[C@H](CCCCNC(=O)Cn1nnc(I)c1CN)C(=O)OC(C)(C)C)C(=O)OC(C)(C)C. The van der Waals surface area contributed by atoms with E-state index >= 15 is 0 Å². The van der Waals surface area contributed by atoms with Crippen LogP contribution in [-0.4, -0.2) is 80.3 Å². The van der Waals surface area contributed by atoms with E-state index in [2.05, 4.69) is 26.3 Å². The van der Waals surface area contributed by atoms with Crippen molar-refractivity contribution in [3.63, 3.8) is 0 Å². The molecular weight excluding hydrogens is 701 g/mol. The Morgan fingerprint density at radius 2 is 1.33 bits per heavy atom. The third-order valence-electron chi connectivity index (χ3n) is 5.57. The number of hydrogen-bond acceptors (Lipinski definition) is 11. The number of urea groups is 1. The molecule has 45 heavy (non-hydrogen) atoms. The van der Waals surface area contributed by atoms with Crippen LogP contribution in [0.3, 0.4) is 0 Å². The Bertz CT molecular complexity index is 1170. The highest BCUT2D eigenvalue weighted by atomic mass is 127. The molecule has 0 aliphatic heterocycles. The number of carbonyl (C=O) groups is 5. The summed E-state index contributed by atoms with van der Waals surface area (Å²) in [6, 6.07) is -3.04. The largest absolute Gasteiger partial charge is 0.460 e. The molecule has 0 saturated heterocycles. The lowest BCUT2D eigenvalue weighted by atomic mass is 10.1. The predicted octanol–water partition coefficient (Wildman–Crippen LogP) is 2.47. The Hall–Kier alpha value is -3.02. The monoisotopic (exact) mass is 751 g/mol. The van der Waals surface area contributed by atoms with Crippen molar-refractivity contribution >= 4 is 52.4 Å². The smallest absolute Gasteiger partial charge is 0.329 e. The number of amides is 3. The third kappa shape index (κ3) is 17.3. The fraction of sp³-hybridized carbons (Fsp3) is 0.759. The van der Waals surface area contributed by atoms with E-state index < -0.39 is 52.8 Å². The topological polar surface area (TPSA) is 206 Å². The molecule has 0 spiro atoms. The highest BCUT2D eigenvalue weighted by Crippen LogP contribution is 2.15. The molecule has 2 atom stereocenters. The maximum Gasteiger partial charge on any atom is 0.329 e. The zero-order valence-electron chi connectivity index (χ0n) is 27.9. The summed E-state index contributed by atoms with van der Waals surface area (Å²) in [5, 5.41) is 15.8. The van der Waals surface area contributed by atoms with Crippen LogP contribution in [0.15, 0.2) is 0 Å². The Morgan fingerprint density at radius 1 is 0.822 bits per heavy atom. The molecule has 256 valence electrons. The molecule has 0 bridgehead atoms. The molecular formula is C29H50IN7O8. The zero-order chi connectivity index (χ0) is 34.6. The number of halogens is 1. The number of esters is 3. The van der Waals surface area contributed by atoms with Gasteiger partial charge in [-0.05, 0) is 111 Å². The quantitative estimate of drug-likeness (QED) is 0.0887. The van der Waals surface area contributed by atoms with E-state index in [1.807, 2.05) is 22.6 Å². The molecule has 0 fully saturated rings. The predicted molar refractivity (Wildman–Crippen MR) is 174 cm³/mol. The van der Waals surface area contributed by atoms with E-state index in [1.165, 1.54) is 4.68 Å². The molecule has 5 N–H and O–H groups in total. The van der Waals surface area contributed by atoms with Gasteiger partial charge in [-0.25, -0.2) is 19.1 Å². The minimum Gasteiger partial charge on any atom is -0.460 e. The van der Waals surface area contributed by atoms with E-state index in [1.54, 1.807) is 62.3 Å². The van der Waals surface area contributed by atoms with Crippen molar-refractivity contribution in [1.29, 1.82) is 0 Å². The first kappa shape index (κ1) is 40.0. The van der Waals surface area contributed by atoms with Gasteiger partial charge in [-0.3, -0.25) is 9.59 Å². The van der Waals surface area contributed by atoms with Gasteiger partial charge < -0.3 is 35.9 Å². The van der Waals surface area contributed by atoms with Crippen molar-refractivity contribution in [3.8, 4) is 0 Å². The summed E-state index contributed by atoms with van der Waals surface area (Å²) in [7, 11) is 0. The third-order valence-corrected chi connectivity index (χ3v) is 6.41. The number of nitrogens with one attached hydrogen (secondary N) is 3. The lowest BCUT2D eigenvalue weighted by molar-refractivity contribution is -0.159. The number of ether oxygens (including phenoxy) is 3. The second-order valence-corrected chi connectivity index (χ2v) is 14.5. The number of aromatic nitrogens is 3. The van der Waals surface area contributed by atoms with Crippen molar-refractivity contribution in [3.05, 3.63) is 9.39 Å². The van der Waals surface area contributed by atoms with Gasteiger partial charge in [0.1, 0.15) is 39.1 Å². The Labute approximate surface area is 278 Å². The molecule has 0 unspecified atom stereocenters. The average molecular weight is 752 g/mol. The minimum atomic E-state index is -1.18. The summed E-state index contributed by atoms with van der Waals surface area (Å²) < 4.78 is 18.3. The van der Waals surface area contributed by atoms with Crippen LogP contribution >= 0.6 is 22.6 Å². The van der Waals surface area contributed by atoms with Gasteiger partial charge in [-0.1, -0.05) is 5.21 Å². The first-order valence-corrected chi connectivity index (χ1v) is 16.0.